The molecule has 1 aromatic heterocycles. The van der Waals surface area contributed by atoms with Gasteiger partial charge < -0.3 is 14.9 Å². The van der Waals surface area contributed by atoms with Crippen molar-refractivity contribution in [2.24, 2.45) is 0 Å². The minimum absolute atomic E-state index is 0.351. The van der Waals surface area contributed by atoms with Crippen LogP contribution in [0.4, 0.5) is 5.69 Å². The van der Waals surface area contributed by atoms with Crippen molar-refractivity contribution in [2.75, 3.05) is 12.8 Å². The van der Waals surface area contributed by atoms with E-state index in [4.69, 9.17) is 14.9 Å². The second-order valence-electron chi connectivity index (χ2n) is 4.88. The maximum absolute atomic E-state index is 11.4. The smallest absolute Gasteiger partial charge is 0.337 e. The van der Waals surface area contributed by atoms with E-state index in [0.717, 1.165) is 27.9 Å². The number of aryl methyl sites for hydroxylation is 1. The Morgan fingerprint density at radius 1 is 1.14 bits per heavy atom. The minimum atomic E-state index is -0.351. The second kappa shape index (κ2) is 4.98. The minimum Gasteiger partial charge on any atom is -0.465 e. The van der Waals surface area contributed by atoms with Crippen molar-refractivity contribution in [3.8, 4) is 11.3 Å². The molecule has 0 aliphatic rings. The lowest BCUT2D eigenvalue weighted by molar-refractivity contribution is 0.0601. The molecule has 106 valence electrons. The van der Waals surface area contributed by atoms with Crippen LogP contribution in [0.25, 0.3) is 22.3 Å². The fourth-order valence-corrected chi connectivity index (χ4v) is 2.39. The molecule has 4 heteroatoms. The van der Waals surface area contributed by atoms with Gasteiger partial charge in [0.25, 0.3) is 0 Å². The lowest BCUT2D eigenvalue weighted by Crippen LogP contribution is -2.00. The number of nitrogens with two attached hydrogens (primary N) is 1. The largest absolute Gasteiger partial charge is 0.465 e. The van der Waals surface area contributed by atoms with Crippen LogP contribution in [-0.2, 0) is 4.74 Å². The van der Waals surface area contributed by atoms with Crippen molar-refractivity contribution in [2.45, 2.75) is 6.92 Å². The first-order chi connectivity index (χ1) is 10.1. The predicted molar refractivity (Wildman–Crippen MR) is 82.1 cm³/mol. The van der Waals surface area contributed by atoms with Gasteiger partial charge >= 0.3 is 5.97 Å². The molecule has 0 saturated heterocycles. The molecule has 21 heavy (non-hydrogen) atoms. The Bertz CT molecular complexity index is 816. The van der Waals surface area contributed by atoms with E-state index in [1.54, 1.807) is 12.1 Å². The van der Waals surface area contributed by atoms with Crippen molar-refractivity contribution in [3.63, 3.8) is 0 Å². The summed E-state index contributed by atoms with van der Waals surface area (Å²) in [5.41, 5.74) is 9.69. The molecule has 0 fully saturated rings. The van der Waals surface area contributed by atoms with E-state index in [-0.39, 0.29) is 5.97 Å². The summed E-state index contributed by atoms with van der Waals surface area (Å²) in [6, 6.07) is 12.8. The van der Waals surface area contributed by atoms with Gasteiger partial charge in [0.2, 0.25) is 0 Å². The molecule has 0 atom stereocenters. The Kier molecular flexibility index (Phi) is 3.14. The summed E-state index contributed by atoms with van der Waals surface area (Å²) in [6.07, 6.45) is 0. The number of anilines is 1. The molecule has 4 nitrogen and oxygen atoms in total. The molecule has 0 aliphatic heterocycles. The first-order valence-electron chi connectivity index (χ1n) is 6.57. The molecule has 0 amide bonds. The molecular formula is C17H15NO3. The summed E-state index contributed by atoms with van der Waals surface area (Å²) < 4.78 is 10.6. The summed E-state index contributed by atoms with van der Waals surface area (Å²) >= 11 is 0. The average molecular weight is 281 g/mol. The van der Waals surface area contributed by atoms with E-state index in [1.807, 2.05) is 37.3 Å². The summed E-state index contributed by atoms with van der Waals surface area (Å²) in [5, 5.41) is 1.04. The lowest BCUT2D eigenvalue weighted by Gasteiger charge is -2.01. The summed E-state index contributed by atoms with van der Waals surface area (Å²) in [5.74, 6) is 0.433. The number of furan rings is 1. The normalized spacial score (nSPS) is 10.8. The zero-order chi connectivity index (χ0) is 15.0. The van der Waals surface area contributed by atoms with E-state index in [9.17, 15) is 4.79 Å². The Labute approximate surface area is 122 Å². The fraction of sp³-hybridized carbons (Fsp3) is 0.118. The quantitative estimate of drug-likeness (QED) is 0.573. The monoisotopic (exact) mass is 281 g/mol. The lowest BCUT2D eigenvalue weighted by atomic mass is 10.1. The number of hydrogen-bond acceptors (Lipinski definition) is 4. The Balaban J connectivity index is 2.08. The van der Waals surface area contributed by atoms with Crippen molar-refractivity contribution in [1.29, 1.82) is 0 Å². The molecule has 0 radical (unpaired) electrons. The topological polar surface area (TPSA) is 65.5 Å². The molecule has 0 saturated carbocycles. The fourth-order valence-electron chi connectivity index (χ4n) is 2.39. The number of ether oxygens (including phenoxy) is 1. The molecule has 0 aliphatic carbocycles. The van der Waals surface area contributed by atoms with Crippen LogP contribution in [0, 0.1) is 6.92 Å². The number of carbonyl (C=O) groups is 1. The molecule has 0 unspecified atom stereocenters. The highest BCUT2D eigenvalue weighted by atomic mass is 16.5. The van der Waals surface area contributed by atoms with Crippen LogP contribution < -0.4 is 5.73 Å². The van der Waals surface area contributed by atoms with Crippen LogP contribution in [0.3, 0.4) is 0 Å². The van der Waals surface area contributed by atoms with Gasteiger partial charge in [0.05, 0.1) is 12.7 Å². The van der Waals surface area contributed by atoms with Crippen molar-refractivity contribution >= 4 is 22.6 Å². The van der Waals surface area contributed by atoms with E-state index < -0.39 is 0 Å². The summed E-state index contributed by atoms with van der Waals surface area (Å²) in [7, 11) is 1.37. The molecule has 3 aromatic rings. The third-order valence-corrected chi connectivity index (χ3v) is 3.53. The van der Waals surface area contributed by atoms with Gasteiger partial charge in [0, 0.05) is 28.3 Å². The predicted octanol–water partition coefficient (Wildman–Crippen LogP) is 3.78. The third kappa shape index (κ3) is 2.25. The first kappa shape index (κ1) is 13.2. The van der Waals surface area contributed by atoms with E-state index in [1.165, 1.54) is 7.11 Å². The Morgan fingerprint density at radius 2 is 1.86 bits per heavy atom. The van der Waals surface area contributed by atoms with Crippen LogP contribution in [0.1, 0.15) is 15.9 Å². The standard InChI is InChI=1S/C17H15NO3/c1-10-14-8-7-13(18)9-15(14)21-16(10)11-3-5-12(6-4-11)17(19)20-2/h3-9H,18H2,1-2H3. The Morgan fingerprint density at radius 3 is 2.52 bits per heavy atom. The number of benzene rings is 2. The van der Waals surface area contributed by atoms with Crippen molar-refractivity contribution in [1.82, 2.24) is 0 Å². The number of fused-ring (bicyclic) bond motifs is 1. The number of esters is 1. The SMILES string of the molecule is COC(=O)c1ccc(-c2oc3cc(N)ccc3c2C)cc1. The van der Waals surface area contributed by atoms with Gasteiger partial charge in [-0.05, 0) is 31.2 Å². The zero-order valence-electron chi connectivity index (χ0n) is 11.8. The molecule has 2 N–H and O–H groups in total. The highest BCUT2D eigenvalue weighted by Gasteiger charge is 2.13. The molecule has 3 rings (SSSR count). The van der Waals surface area contributed by atoms with Crippen LogP contribution >= 0.6 is 0 Å². The van der Waals surface area contributed by atoms with Gasteiger partial charge in [-0.3, -0.25) is 0 Å². The van der Waals surface area contributed by atoms with Crippen LogP contribution in [-0.4, -0.2) is 13.1 Å². The zero-order valence-corrected chi connectivity index (χ0v) is 11.8. The number of hydrogen-bond donors (Lipinski definition) is 1. The van der Waals surface area contributed by atoms with Gasteiger partial charge in [0.15, 0.2) is 0 Å². The van der Waals surface area contributed by atoms with Gasteiger partial charge in [-0.1, -0.05) is 12.1 Å². The number of methoxy groups -OCH3 is 1. The van der Waals surface area contributed by atoms with Crippen molar-refractivity contribution < 1.29 is 13.9 Å². The Hall–Kier alpha value is -2.75. The molecule has 0 bridgehead atoms. The molecule has 0 spiro atoms. The third-order valence-electron chi connectivity index (χ3n) is 3.53. The van der Waals surface area contributed by atoms with Gasteiger partial charge in [-0.15, -0.1) is 0 Å². The highest BCUT2D eigenvalue weighted by molar-refractivity contribution is 5.91. The first-order valence-corrected chi connectivity index (χ1v) is 6.57. The van der Waals surface area contributed by atoms with Gasteiger partial charge in [-0.25, -0.2) is 4.79 Å². The van der Waals surface area contributed by atoms with Crippen LogP contribution in [0.5, 0.6) is 0 Å². The summed E-state index contributed by atoms with van der Waals surface area (Å²) in [4.78, 5) is 11.4. The maximum atomic E-state index is 11.4. The van der Waals surface area contributed by atoms with E-state index >= 15 is 0 Å². The highest BCUT2D eigenvalue weighted by Crippen LogP contribution is 2.33. The molecule has 1 heterocycles. The van der Waals surface area contributed by atoms with Crippen molar-refractivity contribution in [3.05, 3.63) is 53.6 Å². The summed E-state index contributed by atoms with van der Waals surface area (Å²) in [6.45, 7) is 2.01. The number of nitrogen functional groups attached to an aromatic ring is 1. The average Bonchev–Trinajstić information content (AvgIpc) is 2.83. The van der Waals surface area contributed by atoms with Gasteiger partial charge in [0.1, 0.15) is 11.3 Å². The second-order valence-corrected chi connectivity index (χ2v) is 4.88. The van der Waals surface area contributed by atoms with Crippen LogP contribution in [0.2, 0.25) is 0 Å². The van der Waals surface area contributed by atoms with Crippen LogP contribution in [0.15, 0.2) is 46.9 Å². The van der Waals surface area contributed by atoms with E-state index in [0.29, 0.717) is 11.3 Å². The van der Waals surface area contributed by atoms with E-state index in [2.05, 4.69) is 0 Å². The maximum Gasteiger partial charge on any atom is 0.337 e. The number of rotatable bonds is 2. The number of carbonyl (C=O) groups excluding carboxylic acids is 1. The molecular weight excluding hydrogens is 266 g/mol. The van der Waals surface area contributed by atoms with Gasteiger partial charge in [-0.2, -0.15) is 0 Å². The molecule has 2 aromatic carbocycles.